The molecule has 5 nitrogen and oxygen atoms in total. The van der Waals surface area contributed by atoms with Crippen molar-refractivity contribution in [2.75, 3.05) is 20.3 Å². The van der Waals surface area contributed by atoms with Crippen molar-refractivity contribution in [1.29, 1.82) is 0 Å². The van der Waals surface area contributed by atoms with Crippen LogP contribution in [-0.4, -0.2) is 48.6 Å². The summed E-state index contributed by atoms with van der Waals surface area (Å²) in [5, 5.41) is 3.05. The minimum Gasteiger partial charge on any atom is -0.385 e. The van der Waals surface area contributed by atoms with Crippen LogP contribution in [0.4, 0.5) is 0 Å². The summed E-state index contributed by atoms with van der Waals surface area (Å²) in [5.41, 5.74) is -0.624. The molecule has 1 heterocycles. The Kier molecular flexibility index (Phi) is 5.62. The Morgan fingerprint density at radius 3 is 2.62 bits per heavy atom. The van der Waals surface area contributed by atoms with Crippen LogP contribution in [0.3, 0.4) is 0 Å². The van der Waals surface area contributed by atoms with Gasteiger partial charge in [0.25, 0.3) is 0 Å². The molecule has 2 amide bonds. The van der Waals surface area contributed by atoms with E-state index in [-0.39, 0.29) is 17.9 Å². The number of amides is 2. The normalized spacial score (nSPS) is 25.8. The average Bonchev–Trinajstić information content (AvgIpc) is 2.54. The summed E-state index contributed by atoms with van der Waals surface area (Å²) in [6, 6.07) is -0.0126. The van der Waals surface area contributed by atoms with Crippen LogP contribution in [0, 0.1) is 0 Å². The number of carbonyl (C=O) groups is 2. The first-order chi connectivity index (χ1) is 10.1. The van der Waals surface area contributed by atoms with Gasteiger partial charge in [0.1, 0.15) is 5.54 Å². The predicted octanol–water partition coefficient (Wildman–Crippen LogP) is 1.85. The summed E-state index contributed by atoms with van der Waals surface area (Å²) < 4.78 is 5.07. The summed E-state index contributed by atoms with van der Waals surface area (Å²) in [6.07, 6.45) is 7.08. The Morgan fingerprint density at radius 2 is 1.95 bits per heavy atom. The van der Waals surface area contributed by atoms with Crippen LogP contribution in [-0.2, 0) is 14.3 Å². The maximum atomic E-state index is 13.0. The van der Waals surface area contributed by atoms with Gasteiger partial charge in [-0.1, -0.05) is 19.3 Å². The molecule has 1 saturated carbocycles. The predicted molar refractivity (Wildman–Crippen MR) is 80.9 cm³/mol. The molecule has 120 valence electrons. The highest BCUT2D eigenvalue weighted by Gasteiger charge is 2.46. The second-order valence-corrected chi connectivity index (χ2v) is 6.44. The molecule has 0 aromatic heterocycles. The fourth-order valence-corrected chi connectivity index (χ4v) is 3.57. The molecule has 0 radical (unpaired) electrons. The van der Waals surface area contributed by atoms with Gasteiger partial charge in [-0.15, -0.1) is 0 Å². The quantitative estimate of drug-likeness (QED) is 0.788. The lowest BCUT2D eigenvalue weighted by Crippen LogP contribution is -2.58. The molecule has 0 aromatic carbocycles. The molecule has 1 N–H and O–H groups in total. The Hall–Kier alpha value is -1.10. The lowest BCUT2D eigenvalue weighted by atomic mass is 9.80. The number of rotatable bonds is 5. The summed E-state index contributed by atoms with van der Waals surface area (Å²) >= 11 is 0. The summed E-state index contributed by atoms with van der Waals surface area (Å²) in [5.74, 6) is 0.162. The second kappa shape index (κ2) is 7.25. The van der Waals surface area contributed by atoms with Crippen molar-refractivity contribution in [3.05, 3.63) is 0 Å². The van der Waals surface area contributed by atoms with E-state index in [0.29, 0.717) is 6.42 Å². The zero-order chi connectivity index (χ0) is 15.3. The Balaban J connectivity index is 2.09. The van der Waals surface area contributed by atoms with Crippen molar-refractivity contribution >= 4 is 11.8 Å². The van der Waals surface area contributed by atoms with E-state index in [1.807, 2.05) is 11.8 Å². The SMILES string of the molecule is COCCCCN1C(=O)C2(CCCCC2)NC(=O)CC1C. The van der Waals surface area contributed by atoms with Crippen molar-refractivity contribution in [2.45, 2.75) is 69.9 Å². The van der Waals surface area contributed by atoms with E-state index >= 15 is 0 Å². The van der Waals surface area contributed by atoms with Gasteiger partial charge in [0, 0.05) is 32.7 Å². The molecule has 1 aliphatic carbocycles. The molecule has 1 atom stereocenters. The number of ether oxygens (including phenoxy) is 1. The first kappa shape index (κ1) is 16.3. The molecule has 5 heteroatoms. The highest BCUT2D eigenvalue weighted by Crippen LogP contribution is 2.32. The minimum absolute atomic E-state index is 0.0126. The molecule has 1 saturated heterocycles. The lowest BCUT2D eigenvalue weighted by Gasteiger charge is -2.39. The molecule has 21 heavy (non-hydrogen) atoms. The largest absolute Gasteiger partial charge is 0.385 e. The van der Waals surface area contributed by atoms with Gasteiger partial charge in [0.15, 0.2) is 0 Å². The van der Waals surface area contributed by atoms with Gasteiger partial charge in [-0.25, -0.2) is 0 Å². The Labute approximate surface area is 127 Å². The van der Waals surface area contributed by atoms with E-state index in [0.717, 1.165) is 58.1 Å². The highest BCUT2D eigenvalue weighted by atomic mass is 16.5. The van der Waals surface area contributed by atoms with Crippen molar-refractivity contribution < 1.29 is 14.3 Å². The van der Waals surface area contributed by atoms with Crippen LogP contribution in [0.2, 0.25) is 0 Å². The molecular weight excluding hydrogens is 268 g/mol. The third kappa shape index (κ3) is 3.76. The molecule has 1 aliphatic heterocycles. The van der Waals surface area contributed by atoms with Gasteiger partial charge in [0.05, 0.1) is 0 Å². The van der Waals surface area contributed by atoms with E-state index in [4.69, 9.17) is 4.74 Å². The number of carbonyl (C=O) groups excluding carboxylic acids is 2. The number of hydrogen-bond donors (Lipinski definition) is 1. The van der Waals surface area contributed by atoms with Gasteiger partial charge in [-0.2, -0.15) is 0 Å². The summed E-state index contributed by atoms with van der Waals surface area (Å²) in [6.45, 7) is 3.43. The number of nitrogens with zero attached hydrogens (tertiary/aromatic N) is 1. The van der Waals surface area contributed by atoms with Crippen LogP contribution >= 0.6 is 0 Å². The highest BCUT2D eigenvalue weighted by molar-refractivity contribution is 5.94. The second-order valence-electron chi connectivity index (χ2n) is 6.44. The zero-order valence-corrected chi connectivity index (χ0v) is 13.3. The molecule has 2 rings (SSSR count). The van der Waals surface area contributed by atoms with Gasteiger partial charge in [-0.3, -0.25) is 9.59 Å². The first-order valence-electron chi connectivity index (χ1n) is 8.20. The van der Waals surface area contributed by atoms with Crippen molar-refractivity contribution in [2.24, 2.45) is 0 Å². The van der Waals surface area contributed by atoms with E-state index in [9.17, 15) is 9.59 Å². The van der Waals surface area contributed by atoms with Crippen LogP contribution in [0.1, 0.15) is 58.3 Å². The van der Waals surface area contributed by atoms with E-state index in [2.05, 4.69) is 5.32 Å². The fourth-order valence-electron chi connectivity index (χ4n) is 3.57. The lowest BCUT2D eigenvalue weighted by molar-refractivity contribution is -0.141. The molecule has 2 aliphatic rings. The van der Waals surface area contributed by atoms with Crippen molar-refractivity contribution in [3.63, 3.8) is 0 Å². The van der Waals surface area contributed by atoms with E-state index in [1.54, 1.807) is 7.11 Å². The van der Waals surface area contributed by atoms with Crippen LogP contribution in [0.15, 0.2) is 0 Å². The zero-order valence-electron chi connectivity index (χ0n) is 13.3. The molecule has 0 aromatic rings. The maximum absolute atomic E-state index is 13.0. The number of methoxy groups -OCH3 is 1. The molecule has 2 fully saturated rings. The van der Waals surface area contributed by atoms with Gasteiger partial charge in [-0.05, 0) is 32.6 Å². The molecule has 0 bridgehead atoms. The van der Waals surface area contributed by atoms with Gasteiger partial charge < -0.3 is 15.0 Å². The smallest absolute Gasteiger partial charge is 0.248 e. The van der Waals surface area contributed by atoms with Gasteiger partial charge in [0.2, 0.25) is 11.8 Å². The summed E-state index contributed by atoms with van der Waals surface area (Å²) in [4.78, 5) is 27.1. The third-order valence-electron chi connectivity index (χ3n) is 4.77. The number of nitrogens with one attached hydrogen (secondary N) is 1. The average molecular weight is 296 g/mol. The Morgan fingerprint density at radius 1 is 1.24 bits per heavy atom. The van der Waals surface area contributed by atoms with Gasteiger partial charge >= 0.3 is 0 Å². The molecule has 1 spiro atoms. The van der Waals surface area contributed by atoms with Crippen molar-refractivity contribution in [3.8, 4) is 0 Å². The van der Waals surface area contributed by atoms with Crippen LogP contribution in [0.5, 0.6) is 0 Å². The minimum atomic E-state index is -0.624. The van der Waals surface area contributed by atoms with Crippen LogP contribution in [0.25, 0.3) is 0 Å². The molecule has 1 unspecified atom stereocenters. The van der Waals surface area contributed by atoms with E-state index < -0.39 is 5.54 Å². The standard InChI is InChI=1S/C16H28N2O3/c1-13-12-14(19)17-16(8-4-3-5-9-16)15(20)18(13)10-6-7-11-21-2/h13H,3-12H2,1-2H3,(H,17,19). The van der Waals surface area contributed by atoms with Crippen molar-refractivity contribution in [1.82, 2.24) is 10.2 Å². The first-order valence-corrected chi connectivity index (χ1v) is 8.20. The topological polar surface area (TPSA) is 58.6 Å². The Bertz CT molecular complexity index is 378. The third-order valence-corrected chi connectivity index (χ3v) is 4.77. The van der Waals surface area contributed by atoms with Crippen LogP contribution < -0.4 is 5.32 Å². The number of hydrogen-bond acceptors (Lipinski definition) is 3. The maximum Gasteiger partial charge on any atom is 0.248 e. The van der Waals surface area contributed by atoms with E-state index in [1.165, 1.54) is 0 Å². The monoisotopic (exact) mass is 296 g/mol. The fraction of sp³-hybridized carbons (Fsp3) is 0.875. The summed E-state index contributed by atoms with van der Waals surface area (Å²) in [7, 11) is 1.69. The number of unbranched alkanes of at least 4 members (excludes halogenated alkanes) is 1. The molecular formula is C16H28N2O3.